The molecule has 0 bridgehead atoms. The van der Waals surface area contributed by atoms with Gasteiger partial charge < -0.3 is 10.2 Å². The van der Waals surface area contributed by atoms with E-state index >= 15 is 0 Å². The van der Waals surface area contributed by atoms with Gasteiger partial charge in [0.15, 0.2) is 0 Å². The molecule has 0 aromatic heterocycles. The fourth-order valence-corrected chi connectivity index (χ4v) is 4.83. The SMILES string of the molecule is Cc1cc(CCCCC2(C(=O)O)CC2)c(C)cc1CCCCCCC1(C(=O)O)CC1. The molecule has 1 aromatic rings. The fourth-order valence-electron chi connectivity index (χ4n) is 4.83. The lowest BCUT2D eigenvalue weighted by atomic mass is 9.92. The Morgan fingerprint density at radius 1 is 0.700 bits per heavy atom. The first-order chi connectivity index (χ1) is 14.3. The molecule has 2 aliphatic carbocycles. The number of hydrogen-bond acceptors (Lipinski definition) is 2. The zero-order valence-electron chi connectivity index (χ0n) is 18.8. The average Bonchev–Trinajstić information content (AvgIpc) is 3.60. The van der Waals surface area contributed by atoms with Crippen LogP contribution < -0.4 is 0 Å². The molecule has 0 unspecified atom stereocenters. The number of rotatable bonds is 14. The molecule has 0 amide bonds. The predicted molar refractivity (Wildman–Crippen MR) is 119 cm³/mol. The summed E-state index contributed by atoms with van der Waals surface area (Å²) in [6, 6.07) is 4.67. The standard InChI is InChI=1S/C26H38O4/c1-19-18-22(10-6-8-12-26(15-16-26)24(29)30)20(2)17-21(19)9-5-3-4-7-11-25(13-14-25)23(27)28/h17-18H,3-16H2,1-2H3,(H,27,28)(H,29,30). The quantitative estimate of drug-likeness (QED) is 0.353. The van der Waals surface area contributed by atoms with Crippen LogP contribution in [0, 0.1) is 24.7 Å². The molecule has 2 saturated carbocycles. The number of carboxylic acid groups (broad SMARTS) is 2. The van der Waals surface area contributed by atoms with Gasteiger partial charge in [-0.2, -0.15) is 0 Å². The van der Waals surface area contributed by atoms with E-state index in [0.29, 0.717) is 0 Å². The van der Waals surface area contributed by atoms with Crippen molar-refractivity contribution in [2.24, 2.45) is 10.8 Å². The minimum atomic E-state index is -0.604. The highest BCUT2D eigenvalue weighted by atomic mass is 16.4. The molecule has 0 aliphatic heterocycles. The van der Waals surface area contributed by atoms with E-state index in [1.165, 1.54) is 28.7 Å². The summed E-state index contributed by atoms with van der Waals surface area (Å²) in [6.07, 6.45) is 13.8. The molecule has 0 radical (unpaired) electrons. The Labute approximate surface area is 181 Å². The maximum atomic E-state index is 11.3. The van der Waals surface area contributed by atoms with E-state index in [-0.39, 0.29) is 10.8 Å². The van der Waals surface area contributed by atoms with E-state index in [9.17, 15) is 19.8 Å². The molecule has 2 aliphatic rings. The summed E-state index contributed by atoms with van der Waals surface area (Å²) in [7, 11) is 0. The van der Waals surface area contributed by atoms with Gasteiger partial charge in [0.2, 0.25) is 0 Å². The molecular weight excluding hydrogens is 376 g/mol. The van der Waals surface area contributed by atoms with Crippen molar-refractivity contribution in [3.8, 4) is 0 Å². The van der Waals surface area contributed by atoms with Crippen molar-refractivity contribution in [2.75, 3.05) is 0 Å². The van der Waals surface area contributed by atoms with Gasteiger partial charge in [0.25, 0.3) is 0 Å². The zero-order chi connectivity index (χ0) is 21.8. The van der Waals surface area contributed by atoms with Crippen LogP contribution in [-0.4, -0.2) is 22.2 Å². The highest BCUT2D eigenvalue weighted by Gasteiger charge is 2.49. The third-order valence-electron chi connectivity index (χ3n) is 7.61. The topological polar surface area (TPSA) is 74.6 Å². The Morgan fingerprint density at radius 2 is 1.07 bits per heavy atom. The van der Waals surface area contributed by atoms with Crippen molar-refractivity contribution < 1.29 is 19.8 Å². The summed E-state index contributed by atoms with van der Waals surface area (Å²) in [4.78, 5) is 22.5. The van der Waals surface area contributed by atoms with Gasteiger partial charge in [-0.05, 0) is 100 Å². The third kappa shape index (κ3) is 5.65. The van der Waals surface area contributed by atoms with Crippen LogP contribution in [0.1, 0.15) is 99.3 Å². The van der Waals surface area contributed by atoms with Crippen LogP contribution in [0.4, 0.5) is 0 Å². The maximum Gasteiger partial charge on any atom is 0.309 e. The highest BCUT2D eigenvalue weighted by Crippen LogP contribution is 2.50. The molecule has 2 N–H and O–H groups in total. The van der Waals surface area contributed by atoms with Crippen LogP contribution in [0.15, 0.2) is 12.1 Å². The van der Waals surface area contributed by atoms with E-state index in [2.05, 4.69) is 26.0 Å². The van der Waals surface area contributed by atoms with Crippen molar-refractivity contribution >= 4 is 11.9 Å². The summed E-state index contributed by atoms with van der Waals surface area (Å²) in [6.45, 7) is 4.39. The Hall–Kier alpha value is -1.84. The Kier molecular flexibility index (Phi) is 7.26. The van der Waals surface area contributed by atoms with Crippen LogP contribution >= 0.6 is 0 Å². The number of carbonyl (C=O) groups is 2. The van der Waals surface area contributed by atoms with Crippen LogP contribution in [0.25, 0.3) is 0 Å². The van der Waals surface area contributed by atoms with Crippen molar-refractivity contribution in [1.29, 1.82) is 0 Å². The molecule has 166 valence electrons. The van der Waals surface area contributed by atoms with Crippen molar-refractivity contribution in [3.63, 3.8) is 0 Å². The number of hydrogen-bond donors (Lipinski definition) is 2. The van der Waals surface area contributed by atoms with Gasteiger partial charge in [-0.25, -0.2) is 0 Å². The Balaban J connectivity index is 1.35. The minimum Gasteiger partial charge on any atom is -0.481 e. The molecule has 4 heteroatoms. The molecular formula is C26H38O4. The van der Waals surface area contributed by atoms with E-state index in [1.807, 2.05) is 0 Å². The minimum absolute atomic E-state index is 0.365. The van der Waals surface area contributed by atoms with Crippen LogP contribution in [0.5, 0.6) is 0 Å². The third-order valence-corrected chi connectivity index (χ3v) is 7.61. The van der Waals surface area contributed by atoms with E-state index in [1.54, 1.807) is 0 Å². The van der Waals surface area contributed by atoms with E-state index in [4.69, 9.17) is 0 Å². The zero-order valence-corrected chi connectivity index (χ0v) is 18.8. The number of aliphatic carboxylic acids is 2. The second-order valence-corrected chi connectivity index (χ2v) is 10.00. The molecule has 0 spiro atoms. The molecule has 0 atom stereocenters. The Morgan fingerprint density at radius 3 is 1.47 bits per heavy atom. The second-order valence-electron chi connectivity index (χ2n) is 10.00. The summed E-state index contributed by atoms with van der Waals surface area (Å²) in [5.41, 5.74) is 4.80. The normalized spacial score (nSPS) is 18.2. The molecule has 2 fully saturated rings. The first-order valence-corrected chi connectivity index (χ1v) is 11.8. The molecule has 0 heterocycles. The van der Waals surface area contributed by atoms with Crippen LogP contribution in [0.2, 0.25) is 0 Å². The first kappa shape index (κ1) is 22.8. The van der Waals surface area contributed by atoms with Gasteiger partial charge in [0, 0.05) is 0 Å². The molecule has 1 aromatic carbocycles. The monoisotopic (exact) mass is 414 g/mol. The average molecular weight is 415 g/mol. The maximum absolute atomic E-state index is 11.3. The number of unbranched alkanes of at least 4 members (excludes halogenated alkanes) is 4. The summed E-state index contributed by atoms with van der Waals surface area (Å²) >= 11 is 0. The fraction of sp³-hybridized carbons (Fsp3) is 0.692. The number of carboxylic acids is 2. The van der Waals surface area contributed by atoms with Crippen molar-refractivity contribution in [3.05, 3.63) is 34.4 Å². The lowest BCUT2D eigenvalue weighted by molar-refractivity contribution is -0.144. The largest absolute Gasteiger partial charge is 0.481 e. The lowest BCUT2D eigenvalue weighted by Gasteiger charge is -2.14. The molecule has 4 nitrogen and oxygen atoms in total. The van der Waals surface area contributed by atoms with Crippen molar-refractivity contribution in [2.45, 2.75) is 104 Å². The first-order valence-electron chi connectivity index (χ1n) is 11.8. The summed E-state index contributed by atoms with van der Waals surface area (Å²) < 4.78 is 0. The summed E-state index contributed by atoms with van der Waals surface area (Å²) in [5.74, 6) is -1.20. The van der Waals surface area contributed by atoms with Gasteiger partial charge >= 0.3 is 11.9 Å². The number of benzene rings is 1. The van der Waals surface area contributed by atoms with E-state index in [0.717, 1.165) is 83.5 Å². The number of aryl methyl sites for hydroxylation is 4. The highest BCUT2D eigenvalue weighted by molar-refractivity contribution is 5.78. The van der Waals surface area contributed by atoms with Gasteiger partial charge in [0.05, 0.1) is 10.8 Å². The van der Waals surface area contributed by atoms with Crippen LogP contribution in [0.3, 0.4) is 0 Å². The molecule has 0 saturated heterocycles. The van der Waals surface area contributed by atoms with Crippen LogP contribution in [-0.2, 0) is 22.4 Å². The van der Waals surface area contributed by atoms with Gasteiger partial charge in [0.1, 0.15) is 0 Å². The summed E-state index contributed by atoms with van der Waals surface area (Å²) in [5, 5.41) is 18.5. The van der Waals surface area contributed by atoms with Gasteiger partial charge in [-0.15, -0.1) is 0 Å². The van der Waals surface area contributed by atoms with Gasteiger partial charge in [-0.1, -0.05) is 37.8 Å². The molecule has 30 heavy (non-hydrogen) atoms. The second kappa shape index (κ2) is 9.53. The predicted octanol–water partition coefficient (Wildman–Crippen LogP) is 6.24. The van der Waals surface area contributed by atoms with Crippen molar-refractivity contribution in [1.82, 2.24) is 0 Å². The van der Waals surface area contributed by atoms with E-state index < -0.39 is 11.9 Å². The smallest absolute Gasteiger partial charge is 0.309 e. The molecule has 3 rings (SSSR count). The van der Waals surface area contributed by atoms with Gasteiger partial charge in [-0.3, -0.25) is 9.59 Å². The Bertz CT molecular complexity index is 771. The lowest BCUT2D eigenvalue weighted by Crippen LogP contribution is -2.14.